The third kappa shape index (κ3) is 1.95. The number of nitrogens with one attached hydrogen (secondary N) is 1. The second kappa shape index (κ2) is 4.80. The van der Waals surface area contributed by atoms with E-state index in [1.165, 1.54) is 0 Å². The summed E-state index contributed by atoms with van der Waals surface area (Å²) < 4.78 is 6.74. The van der Waals surface area contributed by atoms with E-state index in [0.717, 1.165) is 22.2 Å². The lowest BCUT2D eigenvalue weighted by molar-refractivity contribution is 0.0519. The van der Waals surface area contributed by atoms with Crippen molar-refractivity contribution in [2.24, 2.45) is 7.05 Å². The third-order valence-electron chi connectivity index (χ3n) is 3.14. The van der Waals surface area contributed by atoms with Crippen LogP contribution in [0.2, 0.25) is 0 Å². The van der Waals surface area contributed by atoms with Crippen LogP contribution >= 0.6 is 0 Å². The molecule has 102 valence electrons. The highest BCUT2D eigenvalue weighted by Crippen LogP contribution is 2.27. The number of hydrogen-bond acceptors (Lipinski definition) is 4. The zero-order valence-corrected chi connectivity index (χ0v) is 11.3. The number of aromatic amines is 1. The van der Waals surface area contributed by atoms with Crippen LogP contribution in [0.1, 0.15) is 17.4 Å². The van der Waals surface area contributed by atoms with Gasteiger partial charge in [-0.15, -0.1) is 0 Å². The number of fused-ring (bicyclic) bond motifs is 1. The Bertz CT molecular complexity index is 772. The maximum atomic E-state index is 11.6. The molecule has 0 aliphatic carbocycles. The number of ether oxygens (including phenoxy) is 1. The Morgan fingerprint density at radius 1 is 1.45 bits per heavy atom. The van der Waals surface area contributed by atoms with Crippen LogP contribution in [0.4, 0.5) is 0 Å². The number of esters is 1. The van der Waals surface area contributed by atoms with Gasteiger partial charge in [0.2, 0.25) is 0 Å². The van der Waals surface area contributed by atoms with E-state index < -0.39 is 5.97 Å². The number of nitrogens with zero attached hydrogens (tertiary/aromatic N) is 3. The van der Waals surface area contributed by atoms with E-state index in [1.807, 2.05) is 29.9 Å². The van der Waals surface area contributed by atoms with Gasteiger partial charge in [0, 0.05) is 18.0 Å². The highest BCUT2D eigenvalue weighted by molar-refractivity contribution is 5.95. The van der Waals surface area contributed by atoms with Gasteiger partial charge in [0.05, 0.1) is 24.0 Å². The Balaban J connectivity index is 2.05. The number of rotatable bonds is 3. The minimum absolute atomic E-state index is 0.280. The summed E-state index contributed by atoms with van der Waals surface area (Å²) in [5, 5.41) is 12.1. The van der Waals surface area contributed by atoms with E-state index in [2.05, 4.69) is 15.3 Å². The first kappa shape index (κ1) is 12.4. The zero-order chi connectivity index (χ0) is 14.1. The van der Waals surface area contributed by atoms with Gasteiger partial charge in [0.15, 0.2) is 5.69 Å². The average Bonchev–Trinajstić information content (AvgIpc) is 3.07. The smallest absolute Gasteiger partial charge is 0.358 e. The molecule has 6 nitrogen and oxygen atoms in total. The van der Waals surface area contributed by atoms with Crippen molar-refractivity contribution in [3.8, 4) is 11.3 Å². The van der Waals surface area contributed by atoms with Crippen molar-refractivity contribution in [2.45, 2.75) is 6.92 Å². The lowest BCUT2D eigenvalue weighted by atomic mass is 10.1. The second-order valence-corrected chi connectivity index (χ2v) is 4.39. The fourth-order valence-electron chi connectivity index (χ4n) is 2.18. The molecular formula is C14H14N4O2. The average molecular weight is 270 g/mol. The standard InChI is InChI=1S/C14H14N4O2/c1-3-20-14(19)12-7-11(16-17-12)9-5-4-6-13-10(9)8-15-18(13)2/h4-8H,3H2,1-2H3,(H,16,17). The number of benzene rings is 1. The molecule has 3 rings (SSSR count). The number of hydrogen-bond donors (Lipinski definition) is 1. The summed E-state index contributed by atoms with van der Waals surface area (Å²) in [6.07, 6.45) is 1.80. The molecule has 6 heteroatoms. The summed E-state index contributed by atoms with van der Waals surface area (Å²) in [7, 11) is 1.89. The molecule has 2 heterocycles. The van der Waals surface area contributed by atoms with Crippen molar-refractivity contribution in [1.82, 2.24) is 20.0 Å². The van der Waals surface area contributed by atoms with Crippen molar-refractivity contribution in [1.29, 1.82) is 0 Å². The summed E-state index contributed by atoms with van der Waals surface area (Å²) in [6, 6.07) is 7.60. The maximum Gasteiger partial charge on any atom is 0.358 e. The molecule has 20 heavy (non-hydrogen) atoms. The minimum atomic E-state index is -0.423. The number of carbonyl (C=O) groups excluding carboxylic acids is 1. The van der Waals surface area contributed by atoms with Crippen LogP contribution in [0, 0.1) is 0 Å². The summed E-state index contributed by atoms with van der Waals surface area (Å²) in [5.74, 6) is -0.423. The first-order valence-corrected chi connectivity index (χ1v) is 6.34. The first-order valence-electron chi connectivity index (χ1n) is 6.34. The van der Waals surface area contributed by atoms with E-state index in [0.29, 0.717) is 6.61 Å². The highest BCUT2D eigenvalue weighted by atomic mass is 16.5. The van der Waals surface area contributed by atoms with Crippen LogP contribution in [0.5, 0.6) is 0 Å². The quantitative estimate of drug-likeness (QED) is 0.740. The summed E-state index contributed by atoms with van der Waals surface area (Å²) in [5.41, 5.74) is 3.03. The van der Waals surface area contributed by atoms with Crippen molar-refractivity contribution >= 4 is 16.9 Å². The predicted molar refractivity (Wildman–Crippen MR) is 74.3 cm³/mol. The summed E-state index contributed by atoms with van der Waals surface area (Å²) in [4.78, 5) is 11.6. The van der Waals surface area contributed by atoms with Crippen LogP contribution in [-0.4, -0.2) is 32.6 Å². The molecule has 0 atom stereocenters. The molecule has 0 fully saturated rings. The Morgan fingerprint density at radius 3 is 3.10 bits per heavy atom. The van der Waals surface area contributed by atoms with Crippen LogP contribution in [0.15, 0.2) is 30.5 Å². The van der Waals surface area contributed by atoms with Gasteiger partial charge in [-0.3, -0.25) is 9.78 Å². The molecule has 0 unspecified atom stereocenters. The van der Waals surface area contributed by atoms with Crippen LogP contribution < -0.4 is 0 Å². The van der Waals surface area contributed by atoms with Gasteiger partial charge < -0.3 is 4.74 Å². The van der Waals surface area contributed by atoms with Crippen LogP contribution in [-0.2, 0) is 11.8 Å². The molecule has 0 saturated heterocycles. The fraction of sp³-hybridized carbons (Fsp3) is 0.214. The number of aryl methyl sites for hydroxylation is 1. The normalized spacial score (nSPS) is 10.9. The monoisotopic (exact) mass is 270 g/mol. The van der Waals surface area contributed by atoms with Crippen LogP contribution in [0.25, 0.3) is 22.2 Å². The van der Waals surface area contributed by atoms with Crippen molar-refractivity contribution in [3.05, 3.63) is 36.2 Å². The molecule has 1 aromatic carbocycles. The Kier molecular flexibility index (Phi) is 2.98. The van der Waals surface area contributed by atoms with Crippen molar-refractivity contribution in [2.75, 3.05) is 6.61 Å². The number of H-pyrrole nitrogens is 1. The third-order valence-corrected chi connectivity index (χ3v) is 3.14. The van der Waals surface area contributed by atoms with Crippen molar-refractivity contribution < 1.29 is 9.53 Å². The van der Waals surface area contributed by atoms with E-state index in [1.54, 1.807) is 19.2 Å². The molecule has 0 amide bonds. The van der Waals surface area contributed by atoms with Gasteiger partial charge in [-0.2, -0.15) is 10.2 Å². The van der Waals surface area contributed by atoms with Crippen molar-refractivity contribution in [3.63, 3.8) is 0 Å². The van der Waals surface area contributed by atoms with Crippen LogP contribution in [0.3, 0.4) is 0 Å². The molecule has 3 aromatic rings. The highest BCUT2D eigenvalue weighted by Gasteiger charge is 2.14. The predicted octanol–water partition coefficient (Wildman–Crippen LogP) is 2.14. The van der Waals surface area contributed by atoms with Gasteiger partial charge in [0.1, 0.15) is 0 Å². The second-order valence-electron chi connectivity index (χ2n) is 4.39. The molecule has 0 aliphatic heterocycles. The fourth-order valence-corrected chi connectivity index (χ4v) is 2.18. The van der Waals surface area contributed by atoms with Gasteiger partial charge in [0.25, 0.3) is 0 Å². The van der Waals surface area contributed by atoms with Gasteiger partial charge in [-0.25, -0.2) is 4.79 Å². The molecule has 0 saturated carbocycles. The van der Waals surface area contributed by atoms with Gasteiger partial charge in [-0.1, -0.05) is 12.1 Å². The Hall–Kier alpha value is -2.63. The molecular weight excluding hydrogens is 256 g/mol. The molecule has 0 aliphatic rings. The summed E-state index contributed by atoms with van der Waals surface area (Å²) in [6.45, 7) is 2.10. The zero-order valence-electron chi connectivity index (χ0n) is 11.3. The Labute approximate surface area is 115 Å². The van der Waals surface area contributed by atoms with Gasteiger partial charge in [-0.05, 0) is 19.1 Å². The maximum absolute atomic E-state index is 11.6. The Morgan fingerprint density at radius 2 is 2.30 bits per heavy atom. The molecule has 1 N–H and O–H groups in total. The number of aromatic nitrogens is 4. The van der Waals surface area contributed by atoms with Gasteiger partial charge >= 0.3 is 5.97 Å². The molecule has 0 radical (unpaired) electrons. The first-order chi connectivity index (χ1) is 9.70. The largest absolute Gasteiger partial charge is 0.461 e. The lowest BCUT2D eigenvalue weighted by Gasteiger charge is -2.00. The summed E-state index contributed by atoms with van der Waals surface area (Å²) >= 11 is 0. The molecule has 0 bridgehead atoms. The molecule has 2 aromatic heterocycles. The van der Waals surface area contributed by atoms with E-state index in [4.69, 9.17) is 4.74 Å². The van der Waals surface area contributed by atoms with E-state index >= 15 is 0 Å². The minimum Gasteiger partial charge on any atom is -0.461 e. The van der Waals surface area contributed by atoms with E-state index in [9.17, 15) is 4.79 Å². The lowest BCUT2D eigenvalue weighted by Crippen LogP contribution is -2.04. The van der Waals surface area contributed by atoms with E-state index in [-0.39, 0.29) is 5.69 Å². The molecule has 0 spiro atoms. The number of carbonyl (C=O) groups is 1. The topological polar surface area (TPSA) is 72.8 Å². The SMILES string of the molecule is CCOC(=O)c1cc(-c2cccc3c2cnn3C)[nH]n1.